The normalized spacial score (nSPS) is 10.2. The summed E-state index contributed by atoms with van der Waals surface area (Å²) < 4.78 is 10.1. The van der Waals surface area contributed by atoms with E-state index in [1.54, 1.807) is 24.6 Å². The van der Waals surface area contributed by atoms with E-state index in [4.69, 9.17) is 9.15 Å². The lowest BCUT2D eigenvalue weighted by Crippen LogP contribution is -2.03. The molecule has 0 unspecified atom stereocenters. The molecule has 7 heteroatoms. The van der Waals surface area contributed by atoms with Crippen molar-refractivity contribution in [3.05, 3.63) is 29.2 Å². The van der Waals surface area contributed by atoms with E-state index in [1.165, 1.54) is 11.3 Å². The standard InChI is InChI=1S/C10H11N3O3S/c1-2-15-9(14)8-4-3-7(16-8)5-11-10-13-12-6-17-10/h3-4,6H,2,5H2,1H3,(H,11,13). The molecule has 0 aliphatic rings. The third kappa shape index (κ3) is 3.04. The van der Waals surface area contributed by atoms with E-state index < -0.39 is 5.97 Å². The molecular weight excluding hydrogens is 242 g/mol. The summed E-state index contributed by atoms with van der Waals surface area (Å²) in [4.78, 5) is 11.3. The predicted octanol–water partition coefficient (Wildman–Crippen LogP) is 1.92. The van der Waals surface area contributed by atoms with Crippen molar-refractivity contribution < 1.29 is 13.9 Å². The highest BCUT2D eigenvalue weighted by molar-refractivity contribution is 7.13. The number of carbonyl (C=O) groups excluding carboxylic acids is 1. The lowest BCUT2D eigenvalue weighted by molar-refractivity contribution is 0.0488. The van der Waals surface area contributed by atoms with Crippen LogP contribution in [-0.2, 0) is 11.3 Å². The van der Waals surface area contributed by atoms with Crippen molar-refractivity contribution in [2.24, 2.45) is 0 Å². The number of hydrogen-bond acceptors (Lipinski definition) is 7. The van der Waals surface area contributed by atoms with Gasteiger partial charge < -0.3 is 14.5 Å². The van der Waals surface area contributed by atoms with Crippen LogP contribution >= 0.6 is 11.3 Å². The fourth-order valence-electron chi connectivity index (χ4n) is 1.20. The van der Waals surface area contributed by atoms with E-state index in [-0.39, 0.29) is 5.76 Å². The number of rotatable bonds is 5. The fourth-order valence-corrected chi connectivity index (χ4v) is 1.64. The number of aromatic nitrogens is 2. The SMILES string of the molecule is CCOC(=O)c1ccc(CNc2nncs2)o1. The molecule has 0 fully saturated rings. The van der Waals surface area contributed by atoms with Crippen LogP contribution in [0.3, 0.4) is 0 Å². The van der Waals surface area contributed by atoms with Gasteiger partial charge in [0.15, 0.2) is 0 Å². The second-order valence-corrected chi connectivity index (χ2v) is 3.92. The second-order valence-electron chi connectivity index (χ2n) is 3.08. The molecule has 17 heavy (non-hydrogen) atoms. The molecule has 0 saturated carbocycles. The smallest absolute Gasteiger partial charge is 0.374 e. The quantitative estimate of drug-likeness (QED) is 0.820. The van der Waals surface area contributed by atoms with Crippen molar-refractivity contribution in [3.8, 4) is 0 Å². The highest BCUT2D eigenvalue weighted by Crippen LogP contribution is 2.13. The van der Waals surface area contributed by atoms with E-state index in [1.807, 2.05) is 0 Å². The molecule has 2 aromatic rings. The van der Waals surface area contributed by atoms with Gasteiger partial charge in [0.2, 0.25) is 10.9 Å². The molecule has 0 saturated heterocycles. The molecule has 0 bridgehead atoms. The predicted molar refractivity (Wildman–Crippen MR) is 61.9 cm³/mol. The molecule has 90 valence electrons. The van der Waals surface area contributed by atoms with Gasteiger partial charge in [-0.2, -0.15) is 0 Å². The zero-order valence-electron chi connectivity index (χ0n) is 9.17. The summed E-state index contributed by atoms with van der Waals surface area (Å²) >= 11 is 1.40. The fraction of sp³-hybridized carbons (Fsp3) is 0.300. The first-order valence-corrected chi connectivity index (χ1v) is 5.93. The molecule has 1 N–H and O–H groups in total. The molecule has 0 spiro atoms. The molecule has 2 heterocycles. The van der Waals surface area contributed by atoms with E-state index >= 15 is 0 Å². The molecular formula is C10H11N3O3S. The van der Waals surface area contributed by atoms with Gasteiger partial charge in [-0.1, -0.05) is 11.3 Å². The van der Waals surface area contributed by atoms with E-state index in [0.717, 1.165) is 0 Å². The van der Waals surface area contributed by atoms with E-state index in [2.05, 4.69) is 15.5 Å². The first-order valence-electron chi connectivity index (χ1n) is 5.05. The molecule has 2 rings (SSSR count). The van der Waals surface area contributed by atoms with Crippen molar-refractivity contribution in [1.29, 1.82) is 0 Å². The first kappa shape index (κ1) is 11.6. The monoisotopic (exact) mass is 253 g/mol. The van der Waals surface area contributed by atoms with Crippen LogP contribution in [0.4, 0.5) is 5.13 Å². The number of carbonyl (C=O) groups is 1. The van der Waals surface area contributed by atoms with Crippen LogP contribution in [0.25, 0.3) is 0 Å². The number of nitrogens with zero attached hydrogens (tertiary/aromatic N) is 2. The van der Waals surface area contributed by atoms with Crippen LogP contribution in [0.5, 0.6) is 0 Å². The van der Waals surface area contributed by atoms with Crippen LogP contribution in [-0.4, -0.2) is 22.8 Å². The number of esters is 1. The highest BCUT2D eigenvalue weighted by Gasteiger charge is 2.11. The minimum Gasteiger partial charge on any atom is -0.460 e. The van der Waals surface area contributed by atoms with Gasteiger partial charge in [0.05, 0.1) is 13.2 Å². The van der Waals surface area contributed by atoms with E-state index in [9.17, 15) is 4.79 Å². The van der Waals surface area contributed by atoms with Crippen LogP contribution in [0.2, 0.25) is 0 Å². The Morgan fingerprint density at radius 3 is 3.18 bits per heavy atom. The van der Waals surface area contributed by atoms with E-state index in [0.29, 0.717) is 24.0 Å². The summed E-state index contributed by atoms with van der Waals surface area (Å²) in [6, 6.07) is 3.31. The zero-order chi connectivity index (χ0) is 12.1. The Labute approximate surface area is 102 Å². The Morgan fingerprint density at radius 1 is 1.59 bits per heavy atom. The molecule has 0 radical (unpaired) electrons. The van der Waals surface area contributed by atoms with Gasteiger partial charge in [-0.25, -0.2) is 4.79 Å². The lowest BCUT2D eigenvalue weighted by atomic mass is 10.4. The van der Waals surface area contributed by atoms with Gasteiger partial charge in [-0.15, -0.1) is 10.2 Å². The average molecular weight is 253 g/mol. The van der Waals surface area contributed by atoms with Gasteiger partial charge in [-0.3, -0.25) is 0 Å². The molecule has 0 atom stereocenters. The minimum absolute atomic E-state index is 0.209. The summed E-state index contributed by atoms with van der Waals surface area (Å²) in [7, 11) is 0. The lowest BCUT2D eigenvalue weighted by Gasteiger charge is -1.99. The third-order valence-corrected chi connectivity index (χ3v) is 2.56. The number of furan rings is 1. The zero-order valence-corrected chi connectivity index (χ0v) is 9.99. The number of hydrogen-bond donors (Lipinski definition) is 1. The van der Waals surface area contributed by atoms with Crippen molar-refractivity contribution in [2.45, 2.75) is 13.5 Å². The van der Waals surface area contributed by atoms with Gasteiger partial charge in [0.25, 0.3) is 0 Å². The Balaban J connectivity index is 1.92. The summed E-state index contributed by atoms with van der Waals surface area (Å²) in [6.07, 6.45) is 0. The van der Waals surface area contributed by atoms with Crippen molar-refractivity contribution >= 4 is 22.4 Å². The largest absolute Gasteiger partial charge is 0.460 e. The number of ether oxygens (including phenoxy) is 1. The van der Waals surface area contributed by atoms with Crippen molar-refractivity contribution in [1.82, 2.24) is 10.2 Å². The molecule has 2 aromatic heterocycles. The van der Waals surface area contributed by atoms with Gasteiger partial charge >= 0.3 is 5.97 Å². The van der Waals surface area contributed by atoms with Gasteiger partial charge in [-0.05, 0) is 19.1 Å². The van der Waals surface area contributed by atoms with Crippen LogP contribution in [0.15, 0.2) is 22.1 Å². The summed E-state index contributed by atoms with van der Waals surface area (Å²) in [6.45, 7) is 2.53. The van der Waals surface area contributed by atoms with Gasteiger partial charge in [0, 0.05) is 0 Å². The molecule has 0 aliphatic carbocycles. The van der Waals surface area contributed by atoms with Crippen molar-refractivity contribution in [3.63, 3.8) is 0 Å². The topological polar surface area (TPSA) is 77.2 Å². The molecule has 0 amide bonds. The number of nitrogens with one attached hydrogen (secondary N) is 1. The molecule has 0 aromatic carbocycles. The first-order chi connectivity index (χ1) is 8.29. The highest BCUT2D eigenvalue weighted by atomic mass is 32.1. The Morgan fingerprint density at radius 2 is 2.47 bits per heavy atom. The Bertz CT molecular complexity index is 481. The molecule has 0 aliphatic heterocycles. The maximum absolute atomic E-state index is 11.3. The van der Waals surface area contributed by atoms with Crippen molar-refractivity contribution in [2.75, 3.05) is 11.9 Å². The Hall–Kier alpha value is -1.89. The van der Waals surface area contributed by atoms with Crippen LogP contribution < -0.4 is 5.32 Å². The van der Waals surface area contributed by atoms with Crippen LogP contribution in [0.1, 0.15) is 23.2 Å². The third-order valence-electron chi connectivity index (χ3n) is 1.91. The average Bonchev–Trinajstić information content (AvgIpc) is 2.98. The minimum atomic E-state index is -0.449. The van der Waals surface area contributed by atoms with Crippen LogP contribution in [0, 0.1) is 0 Å². The van der Waals surface area contributed by atoms with Gasteiger partial charge in [0.1, 0.15) is 11.3 Å². The molecule has 6 nitrogen and oxygen atoms in total. The maximum atomic E-state index is 11.3. The number of anilines is 1. The Kier molecular flexibility index (Phi) is 3.71. The maximum Gasteiger partial charge on any atom is 0.374 e. The summed E-state index contributed by atoms with van der Waals surface area (Å²) in [5.41, 5.74) is 1.63. The summed E-state index contributed by atoms with van der Waals surface area (Å²) in [5.74, 6) is 0.402. The summed E-state index contributed by atoms with van der Waals surface area (Å²) in [5, 5.41) is 11.3. The second kappa shape index (κ2) is 5.44.